The first kappa shape index (κ1) is 20.4. The van der Waals surface area contributed by atoms with Gasteiger partial charge in [-0.15, -0.1) is 0 Å². The van der Waals surface area contributed by atoms with Gasteiger partial charge in [-0.25, -0.2) is 0 Å². The van der Waals surface area contributed by atoms with Gasteiger partial charge in [0.1, 0.15) is 0 Å². The molecule has 0 nitrogen and oxygen atoms in total. The minimum absolute atomic E-state index is 0.488. The van der Waals surface area contributed by atoms with E-state index in [0.29, 0.717) is 16.1 Å². The Morgan fingerprint density at radius 3 is 1.95 bits per heavy atom. The lowest BCUT2D eigenvalue weighted by Crippen LogP contribution is -2.31. The normalized spacial score (nSPS) is 22.9. The summed E-state index contributed by atoms with van der Waals surface area (Å²) < 4.78 is 0. The zero-order chi connectivity index (χ0) is 17.0. The van der Waals surface area contributed by atoms with Gasteiger partial charge in [-0.1, -0.05) is 67.7 Å². The number of thiol groups is 1. The van der Waals surface area contributed by atoms with E-state index in [0.717, 1.165) is 17.8 Å². The van der Waals surface area contributed by atoms with Crippen LogP contribution in [0.5, 0.6) is 0 Å². The molecule has 1 aliphatic rings. The fourth-order valence-corrected chi connectivity index (χ4v) is 5.01. The SMILES string of the molecule is CCCC(C)C(S)C1(C(C)CCC(C)(C)C(C)CCC)CC1. The molecule has 0 aromatic rings. The Kier molecular flexibility index (Phi) is 7.83. The topological polar surface area (TPSA) is 0 Å². The highest BCUT2D eigenvalue weighted by atomic mass is 32.1. The van der Waals surface area contributed by atoms with Gasteiger partial charge in [0.25, 0.3) is 0 Å². The van der Waals surface area contributed by atoms with Gasteiger partial charge in [0.05, 0.1) is 0 Å². The molecule has 0 amide bonds. The van der Waals surface area contributed by atoms with Gasteiger partial charge in [-0.2, -0.15) is 12.6 Å². The molecule has 4 atom stereocenters. The molecule has 0 heterocycles. The average molecular weight is 327 g/mol. The molecule has 0 aromatic heterocycles. The molecule has 1 rings (SSSR count). The Morgan fingerprint density at radius 1 is 0.955 bits per heavy atom. The summed E-state index contributed by atoms with van der Waals surface area (Å²) in [7, 11) is 0. The molecular formula is C21H42S. The molecule has 0 aliphatic heterocycles. The van der Waals surface area contributed by atoms with Crippen molar-refractivity contribution in [2.75, 3.05) is 0 Å². The summed E-state index contributed by atoms with van der Waals surface area (Å²) in [6.45, 7) is 17.0. The van der Waals surface area contributed by atoms with Crippen LogP contribution in [-0.2, 0) is 0 Å². The summed E-state index contributed by atoms with van der Waals surface area (Å²) in [5.41, 5.74) is 1.04. The molecule has 4 unspecified atom stereocenters. The Balaban J connectivity index is 2.56. The van der Waals surface area contributed by atoms with Crippen LogP contribution in [0.4, 0.5) is 0 Å². The van der Waals surface area contributed by atoms with Gasteiger partial charge < -0.3 is 0 Å². The van der Waals surface area contributed by atoms with Crippen molar-refractivity contribution in [2.45, 2.75) is 105 Å². The van der Waals surface area contributed by atoms with Crippen molar-refractivity contribution >= 4 is 12.6 Å². The maximum absolute atomic E-state index is 5.08. The summed E-state index contributed by atoms with van der Waals surface area (Å²) in [6.07, 6.45) is 10.9. The van der Waals surface area contributed by atoms with Crippen molar-refractivity contribution < 1.29 is 0 Å². The summed E-state index contributed by atoms with van der Waals surface area (Å²) >= 11 is 5.08. The summed E-state index contributed by atoms with van der Waals surface area (Å²) in [6, 6.07) is 0. The fraction of sp³-hybridized carbons (Fsp3) is 1.00. The molecule has 0 radical (unpaired) electrons. The van der Waals surface area contributed by atoms with Crippen LogP contribution in [0.15, 0.2) is 0 Å². The van der Waals surface area contributed by atoms with Crippen LogP contribution in [-0.4, -0.2) is 5.25 Å². The highest BCUT2D eigenvalue weighted by Crippen LogP contribution is 2.60. The third kappa shape index (κ3) is 4.92. The molecule has 1 aliphatic carbocycles. The number of hydrogen-bond acceptors (Lipinski definition) is 1. The van der Waals surface area contributed by atoms with E-state index >= 15 is 0 Å². The Labute approximate surface area is 146 Å². The van der Waals surface area contributed by atoms with E-state index in [1.165, 1.54) is 51.4 Å². The molecule has 0 saturated heterocycles. The highest BCUT2D eigenvalue weighted by Gasteiger charge is 2.52. The monoisotopic (exact) mass is 326 g/mol. The first-order valence-corrected chi connectivity index (χ1v) is 10.4. The predicted molar refractivity (Wildman–Crippen MR) is 105 cm³/mol. The molecule has 132 valence electrons. The van der Waals surface area contributed by atoms with E-state index in [2.05, 4.69) is 48.5 Å². The maximum Gasteiger partial charge on any atom is 0.0101 e. The molecular weight excluding hydrogens is 284 g/mol. The van der Waals surface area contributed by atoms with Gasteiger partial charge in [0, 0.05) is 5.25 Å². The second-order valence-corrected chi connectivity index (χ2v) is 9.62. The largest absolute Gasteiger partial charge is 0.175 e. The van der Waals surface area contributed by atoms with E-state index in [4.69, 9.17) is 12.6 Å². The maximum atomic E-state index is 5.08. The molecule has 0 aromatic carbocycles. The van der Waals surface area contributed by atoms with E-state index in [-0.39, 0.29) is 0 Å². The lowest BCUT2D eigenvalue weighted by molar-refractivity contribution is 0.161. The quantitative estimate of drug-likeness (QED) is 0.376. The summed E-state index contributed by atoms with van der Waals surface area (Å²) in [5, 5.41) is 0.610. The molecule has 1 saturated carbocycles. The van der Waals surface area contributed by atoms with Crippen molar-refractivity contribution in [1.29, 1.82) is 0 Å². The smallest absolute Gasteiger partial charge is 0.0101 e. The molecule has 1 fully saturated rings. The average Bonchev–Trinajstić information content (AvgIpc) is 3.26. The zero-order valence-electron chi connectivity index (χ0n) is 16.4. The highest BCUT2D eigenvalue weighted by molar-refractivity contribution is 7.81. The third-order valence-electron chi connectivity index (χ3n) is 6.96. The summed E-state index contributed by atoms with van der Waals surface area (Å²) in [4.78, 5) is 0. The van der Waals surface area contributed by atoms with Gasteiger partial charge in [0.15, 0.2) is 0 Å². The van der Waals surface area contributed by atoms with Crippen LogP contribution < -0.4 is 0 Å². The Morgan fingerprint density at radius 2 is 1.50 bits per heavy atom. The number of rotatable bonds is 11. The number of hydrogen-bond donors (Lipinski definition) is 1. The lowest BCUT2D eigenvalue weighted by Gasteiger charge is -2.37. The van der Waals surface area contributed by atoms with Crippen molar-refractivity contribution in [3.8, 4) is 0 Å². The summed E-state index contributed by atoms with van der Waals surface area (Å²) in [5.74, 6) is 2.44. The lowest BCUT2D eigenvalue weighted by atomic mass is 9.71. The second kappa shape index (κ2) is 8.45. The molecule has 0 N–H and O–H groups in total. The first-order chi connectivity index (χ1) is 10.2. The van der Waals surface area contributed by atoms with E-state index in [9.17, 15) is 0 Å². The van der Waals surface area contributed by atoms with Crippen LogP contribution in [0.25, 0.3) is 0 Å². The van der Waals surface area contributed by atoms with E-state index in [1.807, 2.05) is 0 Å². The van der Waals surface area contributed by atoms with Crippen molar-refractivity contribution in [3.63, 3.8) is 0 Å². The van der Waals surface area contributed by atoms with Gasteiger partial charge >= 0.3 is 0 Å². The van der Waals surface area contributed by atoms with Crippen LogP contribution in [0, 0.1) is 28.6 Å². The van der Waals surface area contributed by atoms with Crippen LogP contribution in [0.1, 0.15) is 99.8 Å². The zero-order valence-corrected chi connectivity index (χ0v) is 17.3. The Bertz CT molecular complexity index is 316. The van der Waals surface area contributed by atoms with Crippen LogP contribution in [0.2, 0.25) is 0 Å². The minimum atomic E-state index is 0.488. The first-order valence-electron chi connectivity index (χ1n) is 9.89. The van der Waals surface area contributed by atoms with Crippen molar-refractivity contribution in [2.24, 2.45) is 28.6 Å². The standard InChI is InChI=1S/C21H42S/c1-8-10-16(3)19(22)21(14-15-21)18(5)12-13-20(6,7)17(4)11-9-2/h16-19,22H,8-15H2,1-7H3. The van der Waals surface area contributed by atoms with Gasteiger partial charge in [0.2, 0.25) is 0 Å². The molecule has 22 heavy (non-hydrogen) atoms. The molecule has 1 heteroatoms. The van der Waals surface area contributed by atoms with Crippen LogP contribution >= 0.6 is 12.6 Å². The molecule has 0 bridgehead atoms. The van der Waals surface area contributed by atoms with E-state index in [1.54, 1.807) is 0 Å². The Hall–Kier alpha value is 0.350. The second-order valence-electron chi connectivity index (χ2n) is 9.06. The van der Waals surface area contributed by atoms with E-state index < -0.39 is 0 Å². The van der Waals surface area contributed by atoms with Crippen molar-refractivity contribution in [3.05, 3.63) is 0 Å². The fourth-order valence-electron chi connectivity index (χ4n) is 4.35. The van der Waals surface area contributed by atoms with Gasteiger partial charge in [-0.3, -0.25) is 0 Å². The molecule has 0 spiro atoms. The van der Waals surface area contributed by atoms with Crippen molar-refractivity contribution in [1.82, 2.24) is 0 Å². The predicted octanol–water partition coefficient (Wildman–Crippen LogP) is 7.38. The minimum Gasteiger partial charge on any atom is -0.175 e. The third-order valence-corrected chi connectivity index (χ3v) is 7.98. The van der Waals surface area contributed by atoms with Gasteiger partial charge in [-0.05, 0) is 60.7 Å². The van der Waals surface area contributed by atoms with Crippen LogP contribution in [0.3, 0.4) is 0 Å².